The van der Waals surface area contributed by atoms with Gasteiger partial charge < -0.3 is 15.3 Å². The summed E-state index contributed by atoms with van der Waals surface area (Å²) in [5.41, 5.74) is 0. The van der Waals surface area contributed by atoms with Crippen molar-refractivity contribution in [3.63, 3.8) is 0 Å². The van der Waals surface area contributed by atoms with E-state index in [2.05, 4.69) is 20.3 Å². The molecule has 1 unspecified atom stereocenters. The molecular formula is C10H12N6O2. The summed E-state index contributed by atoms with van der Waals surface area (Å²) in [5, 5.41) is 20.6. The predicted molar refractivity (Wildman–Crippen MR) is 60.8 cm³/mol. The SMILES string of the molecule is N#Cc1ncnc(NC2CCCN(C(=O)O)C2)n1. The van der Waals surface area contributed by atoms with Gasteiger partial charge in [0.15, 0.2) is 0 Å². The van der Waals surface area contributed by atoms with Crippen molar-refractivity contribution in [2.75, 3.05) is 18.4 Å². The van der Waals surface area contributed by atoms with Gasteiger partial charge in [-0.15, -0.1) is 0 Å². The van der Waals surface area contributed by atoms with Crippen LogP contribution in [0.15, 0.2) is 6.33 Å². The Hall–Kier alpha value is -2.43. The Kier molecular flexibility index (Phi) is 3.52. The lowest BCUT2D eigenvalue weighted by Gasteiger charge is -2.31. The van der Waals surface area contributed by atoms with E-state index < -0.39 is 6.09 Å². The molecule has 1 saturated heterocycles. The second kappa shape index (κ2) is 5.27. The molecule has 2 N–H and O–H groups in total. The van der Waals surface area contributed by atoms with E-state index in [1.165, 1.54) is 11.2 Å². The number of hydrogen-bond acceptors (Lipinski definition) is 6. The number of carboxylic acid groups (broad SMARTS) is 1. The smallest absolute Gasteiger partial charge is 0.407 e. The van der Waals surface area contributed by atoms with E-state index in [1.54, 1.807) is 0 Å². The number of nitriles is 1. The molecule has 0 aromatic carbocycles. The van der Waals surface area contributed by atoms with E-state index in [1.807, 2.05) is 6.07 Å². The first-order chi connectivity index (χ1) is 8.69. The average Bonchev–Trinajstić information content (AvgIpc) is 2.39. The summed E-state index contributed by atoms with van der Waals surface area (Å²) >= 11 is 0. The summed E-state index contributed by atoms with van der Waals surface area (Å²) in [7, 11) is 0. The van der Waals surface area contributed by atoms with Crippen LogP contribution in [-0.4, -0.2) is 50.2 Å². The molecule has 2 heterocycles. The van der Waals surface area contributed by atoms with Gasteiger partial charge in [-0.2, -0.15) is 10.2 Å². The van der Waals surface area contributed by atoms with Gasteiger partial charge in [0.05, 0.1) is 0 Å². The average molecular weight is 248 g/mol. The van der Waals surface area contributed by atoms with Gasteiger partial charge >= 0.3 is 6.09 Å². The highest BCUT2D eigenvalue weighted by Crippen LogP contribution is 2.13. The van der Waals surface area contributed by atoms with Crippen LogP contribution in [-0.2, 0) is 0 Å². The molecule has 1 aliphatic heterocycles. The fourth-order valence-corrected chi connectivity index (χ4v) is 1.87. The number of hydrogen-bond donors (Lipinski definition) is 2. The zero-order valence-electron chi connectivity index (χ0n) is 9.57. The van der Waals surface area contributed by atoms with Gasteiger partial charge in [0.1, 0.15) is 12.4 Å². The second-order valence-corrected chi connectivity index (χ2v) is 3.96. The number of likely N-dealkylation sites (tertiary alicyclic amines) is 1. The van der Waals surface area contributed by atoms with Crippen LogP contribution >= 0.6 is 0 Å². The third-order valence-corrected chi connectivity index (χ3v) is 2.70. The fourth-order valence-electron chi connectivity index (χ4n) is 1.87. The monoisotopic (exact) mass is 248 g/mol. The van der Waals surface area contributed by atoms with Crippen LogP contribution < -0.4 is 5.32 Å². The van der Waals surface area contributed by atoms with E-state index in [4.69, 9.17) is 10.4 Å². The summed E-state index contributed by atoms with van der Waals surface area (Å²) in [6, 6.07) is 1.79. The summed E-state index contributed by atoms with van der Waals surface area (Å²) in [5.74, 6) is 0.345. The first-order valence-electron chi connectivity index (χ1n) is 5.52. The molecule has 0 aliphatic carbocycles. The Morgan fingerprint density at radius 2 is 2.44 bits per heavy atom. The minimum absolute atomic E-state index is 0.0382. The number of aromatic nitrogens is 3. The Balaban J connectivity index is 2.00. The van der Waals surface area contributed by atoms with Gasteiger partial charge in [-0.25, -0.2) is 14.8 Å². The first kappa shape index (κ1) is 12.0. The van der Waals surface area contributed by atoms with Crippen LogP contribution in [0.25, 0.3) is 0 Å². The first-order valence-corrected chi connectivity index (χ1v) is 5.52. The van der Waals surface area contributed by atoms with Gasteiger partial charge in [-0.3, -0.25) is 0 Å². The molecule has 8 nitrogen and oxygen atoms in total. The van der Waals surface area contributed by atoms with Crippen molar-refractivity contribution in [1.29, 1.82) is 5.26 Å². The number of amides is 1. The highest BCUT2D eigenvalue weighted by atomic mass is 16.4. The molecule has 0 radical (unpaired) electrons. The Labute approximate surface area is 103 Å². The lowest BCUT2D eigenvalue weighted by Crippen LogP contribution is -2.44. The highest BCUT2D eigenvalue weighted by molar-refractivity contribution is 5.65. The zero-order chi connectivity index (χ0) is 13.0. The van der Waals surface area contributed by atoms with Crippen molar-refractivity contribution in [1.82, 2.24) is 19.9 Å². The topological polar surface area (TPSA) is 115 Å². The number of nitrogens with one attached hydrogen (secondary N) is 1. The Morgan fingerprint density at radius 3 is 3.17 bits per heavy atom. The van der Waals surface area contributed by atoms with Gasteiger partial charge in [0.2, 0.25) is 11.8 Å². The normalized spacial score (nSPS) is 19.1. The largest absolute Gasteiger partial charge is 0.465 e. The summed E-state index contributed by atoms with van der Waals surface area (Å²) in [6.45, 7) is 0.942. The summed E-state index contributed by atoms with van der Waals surface area (Å²) in [6.07, 6.45) is 1.97. The fraction of sp³-hybridized carbons (Fsp3) is 0.500. The predicted octanol–water partition coefficient (Wildman–Crippen LogP) is 0.298. The second-order valence-electron chi connectivity index (χ2n) is 3.96. The number of piperidine rings is 1. The molecule has 18 heavy (non-hydrogen) atoms. The van der Waals surface area contributed by atoms with E-state index in [0.29, 0.717) is 19.0 Å². The molecule has 0 spiro atoms. The number of rotatable bonds is 2. The maximum Gasteiger partial charge on any atom is 0.407 e. The summed E-state index contributed by atoms with van der Waals surface area (Å²) in [4.78, 5) is 23.7. The molecule has 1 aromatic rings. The van der Waals surface area contributed by atoms with E-state index in [-0.39, 0.29) is 11.9 Å². The van der Waals surface area contributed by atoms with E-state index in [9.17, 15) is 4.79 Å². The zero-order valence-corrected chi connectivity index (χ0v) is 9.57. The molecule has 0 bridgehead atoms. The number of nitrogens with zero attached hydrogens (tertiary/aromatic N) is 5. The highest BCUT2D eigenvalue weighted by Gasteiger charge is 2.23. The quantitative estimate of drug-likeness (QED) is 0.773. The molecule has 94 valence electrons. The van der Waals surface area contributed by atoms with Crippen LogP contribution in [0.2, 0.25) is 0 Å². The third-order valence-electron chi connectivity index (χ3n) is 2.70. The lowest BCUT2D eigenvalue weighted by molar-refractivity contribution is 0.132. The molecule has 1 fully saturated rings. The maximum atomic E-state index is 10.9. The Morgan fingerprint density at radius 1 is 1.61 bits per heavy atom. The van der Waals surface area contributed by atoms with Crippen LogP contribution in [0.5, 0.6) is 0 Å². The minimum atomic E-state index is -0.921. The van der Waals surface area contributed by atoms with Crippen molar-refractivity contribution < 1.29 is 9.90 Å². The molecular weight excluding hydrogens is 236 g/mol. The van der Waals surface area contributed by atoms with Crippen LogP contribution in [0, 0.1) is 11.3 Å². The number of carbonyl (C=O) groups is 1. The lowest BCUT2D eigenvalue weighted by atomic mass is 10.1. The minimum Gasteiger partial charge on any atom is -0.465 e. The van der Waals surface area contributed by atoms with Crippen LogP contribution in [0.4, 0.5) is 10.7 Å². The van der Waals surface area contributed by atoms with Gasteiger partial charge in [-0.05, 0) is 12.8 Å². The van der Waals surface area contributed by atoms with E-state index >= 15 is 0 Å². The molecule has 1 aliphatic rings. The van der Waals surface area contributed by atoms with Gasteiger partial charge in [0, 0.05) is 19.1 Å². The van der Waals surface area contributed by atoms with Crippen LogP contribution in [0.3, 0.4) is 0 Å². The van der Waals surface area contributed by atoms with Crippen molar-refractivity contribution >= 4 is 12.0 Å². The standard InChI is InChI=1S/C10H12N6O2/c11-4-8-12-6-13-9(15-8)14-7-2-1-3-16(5-7)10(17)18/h6-7H,1-3,5H2,(H,17,18)(H,12,13,14,15). The van der Waals surface area contributed by atoms with Crippen molar-refractivity contribution in [3.8, 4) is 6.07 Å². The van der Waals surface area contributed by atoms with Gasteiger partial charge in [-0.1, -0.05) is 0 Å². The van der Waals surface area contributed by atoms with Crippen molar-refractivity contribution in [2.45, 2.75) is 18.9 Å². The molecule has 8 heteroatoms. The number of anilines is 1. The van der Waals surface area contributed by atoms with Gasteiger partial charge in [0.25, 0.3) is 0 Å². The van der Waals surface area contributed by atoms with Crippen molar-refractivity contribution in [2.24, 2.45) is 0 Å². The third kappa shape index (κ3) is 2.82. The Bertz CT molecular complexity index is 486. The molecule has 1 atom stereocenters. The van der Waals surface area contributed by atoms with Crippen LogP contribution in [0.1, 0.15) is 18.7 Å². The molecule has 1 aromatic heterocycles. The molecule has 0 saturated carbocycles. The summed E-state index contributed by atoms with van der Waals surface area (Å²) < 4.78 is 0. The molecule has 1 amide bonds. The van der Waals surface area contributed by atoms with Crippen molar-refractivity contribution in [3.05, 3.63) is 12.2 Å². The maximum absolute atomic E-state index is 10.9. The molecule has 2 rings (SSSR count). The van der Waals surface area contributed by atoms with E-state index in [0.717, 1.165) is 12.8 Å².